The Morgan fingerprint density at radius 3 is 2.43 bits per heavy atom. The highest BCUT2D eigenvalue weighted by Gasteiger charge is 2.56. The lowest BCUT2D eigenvalue weighted by molar-refractivity contribution is -0.127. The van der Waals surface area contributed by atoms with E-state index in [4.69, 9.17) is 9.97 Å². The number of pyridine rings is 1. The van der Waals surface area contributed by atoms with Gasteiger partial charge in [-0.3, -0.25) is 14.5 Å². The Morgan fingerprint density at radius 2 is 1.70 bits per heavy atom. The molecule has 11 nitrogen and oxygen atoms in total. The molecule has 1 unspecified atom stereocenters. The van der Waals surface area contributed by atoms with E-state index in [2.05, 4.69) is 54.2 Å². The molecule has 0 bridgehead atoms. The third-order valence-corrected chi connectivity index (χ3v) is 13.6. The van der Waals surface area contributed by atoms with Crippen LogP contribution in [0.3, 0.4) is 0 Å². The summed E-state index contributed by atoms with van der Waals surface area (Å²) in [5.74, 6) is 1.21. The van der Waals surface area contributed by atoms with Gasteiger partial charge in [0.1, 0.15) is 11.7 Å². The van der Waals surface area contributed by atoms with Crippen LogP contribution in [0.4, 0.5) is 17.2 Å². The number of aromatic nitrogens is 3. The molecular weight excluding hydrogens is 677 g/mol. The Hall–Kier alpha value is -4.32. The maximum absolute atomic E-state index is 14.9. The van der Waals surface area contributed by atoms with Crippen LogP contribution >= 0.6 is 0 Å². The van der Waals surface area contributed by atoms with Crippen LogP contribution in [0.1, 0.15) is 98.2 Å². The SMILES string of the molecule is CNC(=O)c1cc(Nc2nc(-c3ccc4c(c3)N([C@H]3C[C@@H](N5CCCCC5)C3)C(=O)C43CCN(C(O)C4CC4)CC3)cc3ncn(C4CC4)c23)ccc1C. The number of hydrogen-bond donors (Lipinski definition) is 3. The molecule has 3 aliphatic heterocycles. The van der Waals surface area contributed by atoms with E-state index in [1.54, 1.807) is 7.05 Å². The Labute approximate surface area is 317 Å². The highest BCUT2D eigenvalue weighted by atomic mass is 16.3. The van der Waals surface area contributed by atoms with Crippen LogP contribution in [-0.4, -0.2) is 92.8 Å². The molecule has 2 aromatic carbocycles. The second kappa shape index (κ2) is 13.2. The van der Waals surface area contributed by atoms with Crippen LogP contribution in [0, 0.1) is 12.8 Å². The lowest BCUT2D eigenvalue weighted by Crippen LogP contribution is -2.58. The first-order chi connectivity index (χ1) is 26.3. The minimum absolute atomic E-state index is 0.125. The van der Waals surface area contributed by atoms with E-state index in [1.807, 2.05) is 31.5 Å². The first-order valence-electron chi connectivity index (χ1n) is 20.4. The van der Waals surface area contributed by atoms with E-state index in [0.717, 1.165) is 109 Å². The minimum atomic E-state index is -0.565. The van der Waals surface area contributed by atoms with Gasteiger partial charge in [0.25, 0.3) is 5.91 Å². The van der Waals surface area contributed by atoms with E-state index >= 15 is 0 Å². The number of rotatable bonds is 9. The predicted molar refractivity (Wildman–Crippen MR) is 210 cm³/mol. The van der Waals surface area contributed by atoms with Crippen molar-refractivity contribution < 1.29 is 14.7 Å². The fraction of sp³-hybridized carbons (Fsp3) is 0.535. The number of nitrogens with zero attached hydrogens (tertiary/aromatic N) is 6. The molecule has 282 valence electrons. The number of carbonyl (C=O) groups is 2. The van der Waals surface area contributed by atoms with Crippen molar-refractivity contribution in [3.05, 3.63) is 65.5 Å². The molecule has 5 heterocycles. The van der Waals surface area contributed by atoms with Gasteiger partial charge in [-0.2, -0.15) is 0 Å². The number of carbonyl (C=O) groups excluding carboxylic acids is 2. The number of aliphatic hydroxyl groups is 1. The molecule has 3 saturated carbocycles. The van der Waals surface area contributed by atoms with E-state index < -0.39 is 11.6 Å². The number of likely N-dealkylation sites (tertiary alicyclic amines) is 2. The Morgan fingerprint density at radius 1 is 0.926 bits per heavy atom. The van der Waals surface area contributed by atoms with Crippen molar-refractivity contribution in [1.29, 1.82) is 0 Å². The van der Waals surface area contributed by atoms with Crippen LogP contribution in [0.15, 0.2) is 48.8 Å². The number of benzene rings is 2. The summed E-state index contributed by atoms with van der Waals surface area (Å²) in [6, 6.07) is 15.6. The monoisotopic (exact) mass is 728 g/mol. The summed E-state index contributed by atoms with van der Waals surface area (Å²) in [6.07, 6.45) is 13.3. The smallest absolute Gasteiger partial charge is 0.251 e. The second-order valence-electron chi connectivity index (χ2n) is 17.0. The fourth-order valence-corrected chi connectivity index (χ4v) is 9.95. The van der Waals surface area contributed by atoms with Gasteiger partial charge in [0.15, 0.2) is 5.82 Å². The molecule has 2 aromatic heterocycles. The van der Waals surface area contributed by atoms with Gasteiger partial charge >= 0.3 is 0 Å². The van der Waals surface area contributed by atoms with Crippen molar-refractivity contribution in [3.8, 4) is 11.3 Å². The molecule has 11 heteroatoms. The average Bonchev–Trinajstić information content (AvgIpc) is 4.13. The van der Waals surface area contributed by atoms with E-state index in [1.165, 1.54) is 32.4 Å². The highest BCUT2D eigenvalue weighted by molar-refractivity contribution is 6.09. The quantitative estimate of drug-likeness (QED) is 0.185. The highest BCUT2D eigenvalue weighted by Crippen LogP contribution is 2.53. The predicted octanol–water partition coefficient (Wildman–Crippen LogP) is 6.27. The van der Waals surface area contributed by atoms with Gasteiger partial charge in [-0.1, -0.05) is 24.6 Å². The van der Waals surface area contributed by atoms with Crippen molar-refractivity contribution in [2.24, 2.45) is 5.92 Å². The molecule has 3 aliphatic carbocycles. The van der Waals surface area contributed by atoms with Gasteiger partial charge in [-0.05, 0) is 126 Å². The van der Waals surface area contributed by atoms with Gasteiger partial charge in [0.05, 0.1) is 23.0 Å². The van der Waals surface area contributed by atoms with Crippen LogP contribution in [0.25, 0.3) is 22.3 Å². The van der Waals surface area contributed by atoms with Crippen LogP contribution in [0.2, 0.25) is 0 Å². The van der Waals surface area contributed by atoms with Gasteiger partial charge in [0, 0.05) is 60.8 Å². The number of aliphatic hydroxyl groups excluding tert-OH is 1. The Bertz CT molecular complexity index is 2120. The normalized spacial score (nSPS) is 24.8. The van der Waals surface area contributed by atoms with Gasteiger partial charge in [-0.15, -0.1) is 0 Å². The van der Waals surface area contributed by atoms with Crippen molar-refractivity contribution >= 4 is 40.0 Å². The summed E-state index contributed by atoms with van der Waals surface area (Å²) >= 11 is 0. The summed E-state index contributed by atoms with van der Waals surface area (Å²) in [6.45, 7) is 5.75. The maximum Gasteiger partial charge on any atom is 0.251 e. The molecule has 2 saturated heterocycles. The Kier molecular flexibility index (Phi) is 8.34. The molecule has 54 heavy (non-hydrogen) atoms. The maximum atomic E-state index is 14.9. The first kappa shape index (κ1) is 34.2. The second-order valence-corrected chi connectivity index (χ2v) is 17.0. The molecular formula is C43H52N8O3. The summed E-state index contributed by atoms with van der Waals surface area (Å²) in [4.78, 5) is 44.8. The topological polar surface area (TPSA) is 119 Å². The van der Waals surface area contributed by atoms with Crippen LogP contribution in [0.5, 0.6) is 0 Å². The van der Waals surface area contributed by atoms with Crippen LogP contribution in [-0.2, 0) is 10.2 Å². The zero-order valence-corrected chi connectivity index (χ0v) is 31.6. The largest absolute Gasteiger partial charge is 0.378 e. The van der Waals surface area contributed by atoms with Crippen molar-refractivity contribution in [2.75, 3.05) is 43.4 Å². The summed E-state index contributed by atoms with van der Waals surface area (Å²) in [5, 5.41) is 17.3. The van der Waals surface area contributed by atoms with Gasteiger partial charge < -0.3 is 30.1 Å². The summed E-state index contributed by atoms with van der Waals surface area (Å²) in [7, 11) is 1.65. The van der Waals surface area contributed by atoms with E-state index in [-0.39, 0.29) is 17.9 Å². The fourth-order valence-electron chi connectivity index (χ4n) is 9.95. The third kappa shape index (κ3) is 5.73. The average molecular weight is 729 g/mol. The number of amides is 2. The van der Waals surface area contributed by atoms with Crippen molar-refractivity contribution in [3.63, 3.8) is 0 Å². The van der Waals surface area contributed by atoms with Crippen molar-refractivity contribution in [1.82, 2.24) is 29.7 Å². The van der Waals surface area contributed by atoms with E-state index in [0.29, 0.717) is 29.4 Å². The molecule has 1 spiro atoms. The summed E-state index contributed by atoms with van der Waals surface area (Å²) in [5.41, 5.74) is 7.49. The summed E-state index contributed by atoms with van der Waals surface area (Å²) < 4.78 is 2.23. The van der Waals surface area contributed by atoms with Gasteiger partial charge in [0.2, 0.25) is 5.91 Å². The lowest BCUT2D eigenvalue weighted by Gasteiger charge is -2.48. The molecule has 5 fully saturated rings. The third-order valence-electron chi connectivity index (χ3n) is 13.6. The molecule has 10 rings (SSSR count). The number of aryl methyl sites for hydroxylation is 1. The number of nitrogens with one attached hydrogen (secondary N) is 2. The molecule has 0 radical (unpaired) electrons. The molecule has 3 N–H and O–H groups in total. The zero-order valence-electron chi connectivity index (χ0n) is 31.6. The number of anilines is 3. The van der Waals surface area contributed by atoms with Crippen LogP contribution < -0.4 is 15.5 Å². The number of fused-ring (bicyclic) bond motifs is 3. The zero-order chi connectivity index (χ0) is 36.7. The van der Waals surface area contributed by atoms with Gasteiger partial charge in [-0.25, -0.2) is 9.97 Å². The number of imidazole rings is 1. The Balaban J connectivity index is 1.02. The molecule has 1 atom stereocenters. The standard InChI is InChI=1S/C43H52N8O3/c1-26-6-10-29(21-33(26)40(52)44-2)46-39-38-36(45-25-50(38)30-11-12-30)24-35(47-39)28-9-13-34-37(20-28)51(32-22-31(23-32)48-16-4-3-5-17-48)42(54)43(34)14-18-49(19-15-43)41(53)27-7-8-27/h6,9-10,13,20-21,24-25,27,30-32,41,53H,3-5,7-8,11-12,14-19,22-23H2,1-2H3,(H,44,52)(H,46,47)/t31-,32+,41?. The van der Waals surface area contributed by atoms with E-state index in [9.17, 15) is 14.7 Å². The lowest BCUT2D eigenvalue weighted by atomic mass is 9.73. The molecule has 2 amide bonds. The molecule has 6 aliphatic rings. The number of hydrogen-bond acceptors (Lipinski definition) is 8. The molecule has 4 aromatic rings. The van der Waals surface area contributed by atoms with Crippen molar-refractivity contribution in [2.45, 2.75) is 107 Å². The first-order valence-corrected chi connectivity index (χ1v) is 20.4. The minimum Gasteiger partial charge on any atom is -0.378 e. The number of piperidine rings is 2.